The number of benzene rings is 6. The molecule has 6 heteroatoms. The van der Waals surface area contributed by atoms with Gasteiger partial charge in [-0.15, -0.1) is 0 Å². The summed E-state index contributed by atoms with van der Waals surface area (Å²) in [6, 6.07) is 30.0. The van der Waals surface area contributed by atoms with Crippen LogP contribution in [-0.4, -0.2) is 15.0 Å². The third-order valence-electron chi connectivity index (χ3n) is 10.1. The Morgan fingerprint density at radius 2 is 0.905 bits per heavy atom. The van der Waals surface area contributed by atoms with Gasteiger partial charge in [-0.05, 0) is 126 Å². The fourth-order valence-corrected chi connectivity index (χ4v) is 7.02. The molecule has 10 aromatic rings. The zero-order valence-electron chi connectivity index (χ0n) is 50.0. The average molecular weight is 841 g/mol. The van der Waals surface area contributed by atoms with Crippen LogP contribution >= 0.6 is 0 Å². The lowest BCUT2D eigenvalue weighted by atomic mass is 9.94. The quantitative estimate of drug-likeness (QED) is 0.116. The molecule has 0 radical (unpaired) electrons. The standard InChI is InChI=1S/C57H43F2N3O/c58-47-25-23-46(24-26-47)55-51(59)28-27-49-48-12-7-13-50(56(48)63-57(49)55)54-31-22-40(37-62-54)16-19-43-33-41(17-14-38-20-29-52(60-35-38)44-8-3-1-4-9-44)32-42(34-43)18-15-39-21-30-53(61-36-39)45-10-5-2-6-11-45/h1-13,20-37H,14-19H2/i14D2,15D2,16D2,17D2,18D2,19D2,23D,24D,25D,26D,28D. The minimum atomic E-state index is -3.25. The number of pyridine rings is 3. The van der Waals surface area contributed by atoms with Crippen molar-refractivity contribution in [2.75, 3.05) is 0 Å². The molecule has 0 bridgehead atoms. The molecular weight excluding hydrogens is 781 g/mol. The Labute approximate surface area is 389 Å². The Bertz CT molecular complexity index is 3880. The number of para-hydroxylation sites is 1. The van der Waals surface area contributed by atoms with Crippen molar-refractivity contribution >= 4 is 21.9 Å². The molecule has 4 heterocycles. The number of halogens is 2. The van der Waals surface area contributed by atoms with Crippen LogP contribution in [0, 0.1) is 11.6 Å². The van der Waals surface area contributed by atoms with Crippen LogP contribution < -0.4 is 0 Å². The molecule has 0 unspecified atom stereocenters. The van der Waals surface area contributed by atoms with Crippen LogP contribution in [0.1, 0.15) is 56.7 Å². The predicted octanol–water partition coefficient (Wildman–Crippen LogP) is 14.1. The van der Waals surface area contributed by atoms with Crippen molar-refractivity contribution in [2.24, 2.45) is 0 Å². The topological polar surface area (TPSA) is 51.8 Å². The lowest BCUT2D eigenvalue weighted by Gasteiger charge is -2.12. The van der Waals surface area contributed by atoms with Crippen LogP contribution in [0.5, 0.6) is 0 Å². The summed E-state index contributed by atoms with van der Waals surface area (Å²) in [4.78, 5) is 13.2. The molecule has 0 fully saturated rings. The van der Waals surface area contributed by atoms with Crippen LogP contribution in [0.2, 0.25) is 0 Å². The first-order valence-electron chi connectivity index (χ1n) is 28.2. The van der Waals surface area contributed by atoms with E-state index in [0.29, 0.717) is 22.5 Å². The molecule has 0 aliphatic carbocycles. The zero-order valence-corrected chi connectivity index (χ0v) is 33.0. The van der Waals surface area contributed by atoms with Gasteiger partial charge in [0.15, 0.2) is 0 Å². The summed E-state index contributed by atoms with van der Waals surface area (Å²) in [5, 5.41) is 0.407. The number of hydrogen-bond donors (Lipinski definition) is 0. The molecule has 4 aromatic heterocycles. The molecule has 63 heavy (non-hydrogen) atoms. The maximum atomic E-state index is 16.0. The van der Waals surface area contributed by atoms with Crippen molar-refractivity contribution in [1.82, 2.24) is 15.0 Å². The number of aromatic nitrogens is 3. The second kappa shape index (κ2) is 17.8. The summed E-state index contributed by atoms with van der Waals surface area (Å²) in [5.74, 6) is -2.72. The van der Waals surface area contributed by atoms with Gasteiger partial charge in [0.05, 0.1) is 29.5 Å². The zero-order chi connectivity index (χ0) is 57.6. The fraction of sp³-hybridized carbons (Fsp3) is 0.105. The summed E-state index contributed by atoms with van der Waals surface area (Å²) in [6.45, 7) is 0. The van der Waals surface area contributed by atoms with Gasteiger partial charge in [0, 0.05) is 62.5 Å². The maximum Gasteiger partial charge on any atom is 0.146 e. The average Bonchev–Trinajstić information content (AvgIpc) is 3.83. The van der Waals surface area contributed by atoms with Crippen LogP contribution in [-0.2, 0) is 38.2 Å². The molecule has 306 valence electrons. The van der Waals surface area contributed by atoms with Crippen molar-refractivity contribution < 1.29 is 36.5 Å². The van der Waals surface area contributed by atoms with E-state index < -0.39 is 108 Å². The number of aryl methyl sites for hydroxylation is 6. The van der Waals surface area contributed by atoms with E-state index in [0.717, 1.165) is 42.9 Å². The van der Waals surface area contributed by atoms with E-state index in [1.165, 1.54) is 36.4 Å². The SMILES string of the molecule is [2H]c1cc2c(oc3c(-c4ccc(C([2H])([2H])C([2H])([2H])c5cc(C([2H])([2H])C([2H])([2H])c6ccc(-c7ccccc7)nc6)cc(C([2H])([2H])C([2H])([2H])c6ccc(-c7ccccc7)nc6)c5)cn4)cccc32)c(-c2c([2H])c([2H])c(F)c([2H])c2[2H])c1F. The van der Waals surface area contributed by atoms with E-state index in [1.807, 2.05) is 12.1 Å². The van der Waals surface area contributed by atoms with Gasteiger partial charge in [-0.25, -0.2) is 8.78 Å². The lowest BCUT2D eigenvalue weighted by Crippen LogP contribution is -2.00. The molecule has 0 amide bonds. The van der Waals surface area contributed by atoms with Crippen LogP contribution in [0.3, 0.4) is 0 Å². The lowest BCUT2D eigenvalue weighted by molar-refractivity contribution is 0.620. The molecule has 6 aromatic carbocycles. The first kappa shape index (κ1) is 24.8. The summed E-state index contributed by atoms with van der Waals surface area (Å²) in [6.07, 6.45) is -15.3. The molecule has 0 saturated heterocycles. The molecule has 0 spiro atoms. The van der Waals surface area contributed by atoms with E-state index in [1.54, 1.807) is 66.7 Å². The van der Waals surface area contributed by atoms with E-state index in [-0.39, 0.29) is 49.9 Å². The summed E-state index contributed by atoms with van der Waals surface area (Å²) >= 11 is 0. The Kier molecular flexibility index (Phi) is 7.00. The number of furan rings is 1. The van der Waals surface area contributed by atoms with Gasteiger partial charge in [0.25, 0.3) is 0 Å². The van der Waals surface area contributed by atoms with Gasteiger partial charge < -0.3 is 4.42 Å². The van der Waals surface area contributed by atoms with E-state index in [9.17, 15) is 20.8 Å². The molecule has 10 rings (SSSR count). The molecular formula is C57H43F2N3O. The number of rotatable bonds is 13. The second-order valence-corrected chi connectivity index (χ2v) is 14.3. The van der Waals surface area contributed by atoms with Gasteiger partial charge in [-0.1, -0.05) is 121 Å². The Morgan fingerprint density at radius 3 is 1.40 bits per heavy atom. The van der Waals surface area contributed by atoms with Gasteiger partial charge in [0.1, 0.15) is 22.8 Å². The van der Waals surface area contributed by atoms with Crippen LogP contribution in [0.4, 0.5) is 8.78 Å². The van der Waals surface area contributed by atoms with Gasteiger partial charge in [0.2, 0.25) is 0 Å². The smallest absolute Gasteiger partial charge is 0.146 e. The molecule has 0 aliphatic heterocycles. The third kappa shape index (κ3) is 8.80. The minimum Gasteiger partial charge on any atom is -0.455 e. The van der Waals surface area contributed by atoms with Crippen molar-refractivity contribution in [3.63, 3.8) is 0 Å². The van der Waals surface area contributed by atoms with Crippen molar-refractivity contribution in [1.29, 1.82) is 0 Å². The highest BCUT2D eigenvalue weighted by Gasteiger charge is 2.19. The number of hydrogen-bond acceptors (Lipinski definition) is 4. The molecule has 0 aliphatic rings. The Hall–Kier alpha value is -7.57. The molecule has 0 N–H and O–H groups in total. The van der Waals surface area contributed by atoms with Crippen molar-refractivity contribution in [2.45, 2.75) is 38.2 Å². The normalized spacial score (nSPS) is 16.7. The highest BCUT2D eigenvalue weighted by Crippen LogP contribution is 2.40. The van der Waals surface area contributed by atoms with E-state index in [2.05, 4.69) is 15.0 Å². The Morgan fingerprint density at radius 1 is 0.429 bits per heavy atom. The predicted molar refractivity (Wildman–Crippen MR) is 250 cm³/mol. The maximum absolute atomic E-state index is 16.0. The molecule has 0 saturated carbocycles. The van der Waals surface area contributed by atoms with Gasteiger partial charge in [-0.3, -0.25) is 15.0 Å². The van der Waals surface area contributed by atoms with Crippen molar-refractivity contribution in [3.05, 3.63) is 233 Å². The van der Waals surface area contributed by atoms with E-state index in [4.69, 9.17) is 11.3 Å². The largest absolute Gasteiger partial charge is 0.455 e. The van der Waals surface area contributed by atoms with Crippen LogP contribution in [0.15, 0.2) is 193 Å². The monoisotopic (exact) mass is 840 g/mol. The highest BCUT2D eigenvalue weighted by molar-refractivity contribution is 6.12. The summed E-state index contributed by atoms with van der Waals surface area (Å²) < 4.78 is 191. The van der Waals surface area contributed by atoms with Crippen molar-refractivity contribution in [3.8, 4) is 44.9 Å². The van der Waals surface area contributed by atoms with Gasteiger partial charge >= 0.3 is 0 Å². The summed E-state index contributed by atoms with van der Waals surface area (Å²) in [7, 11) is 0. The Balaban J connectivity index is 1.06. The third-order valence-corrected chi connectivity index (χ3v) is 10.1. The van der Waals surface area contributed by atoms with Gasteiger partial charge in [-0.2, -0.15) is 0 Å². The van der Waals surface area contributed by atoms with E-state index >= 15 is 4.39 Å². The number of nitrogens with zero attached hydrogens (tertiary/aromatic N) is 3. The fourth-order valence-electron chi connectivity index (χ4n) is 7.02. The first-order chi connectivity index (χ1) is 37.6. The van der Waals surface area contributed by atoms with Crippen LogP contribution in [0.25, 0.3) is 66.8 Å². The molecule has 4 nitrogen and oxygen atoms in total. The summed E-state index contributed by atoms with van der Waals surface area (Å²) in [5.41, 5.74) is -1.72. The second-order valence-electron chi connectivity index (χ2n) is 14.3. The first-order valence-corrected chi connectivity index (χ1v) is 19.7. The highest BCUT2D eigenvalue weighted by atomic mass is 19.1. The molecule has 0 atom stereocenters. The number of fused-ring (bicyclic) bond motifs is 3. The minimum absolute atomic E-state index is 0.0307.